The van der Waals surface area contributed by atoms with E-state index >= 15 is 0 Å². The normalized spacial score (nSPS) is 20.7. The maximum absolute atomic E-state index is 12.8. The molecule has 5 N–H and O–H groups in total. The number of fused-ring (bicyclic) bond motifs is 1. The van der Waals surface area contributed by atoms with Gasteiger partial charge < -0.3 is 26.4 Å². The van der Waals surface area contributed by atoms with E-state index < -0.39 is 46.1 Å². The van der Waals surface area contributed by atoms with Gasteiger partial charge in [-0.3, -0.25) is 19.2 Å². The van der Waals surface area contributed by atoms with Crippen molar-refractivity contribution in [2.75, 3.05) is 10.6 Å². The first-order valence-corrected chi connectivity index (χ1v) is 9.23. The third-order valence-electron chi connectivity index (χ3n) is 4.89. The molecule has 0 radical (unpaired) electrons. The van der Waals surface area contributed by atoms with Crippen molar-refractivity contribution >= 4 is 41.0 Å². The molecule has 30 heavy (non-hydrogen) atoms. The summed E-state index contributed by atoms with van der Waals surface area (Å²) in [4.78, 5) is 62.5. The van der Waals surface area contributed by atoms with Gasteiger partial charge in [0.05, 0.1) is 16.9 Å². The molecule has 0 saturated heterocycles. The summed E-state index contributed by atoms with van der Waals surface area (Å²) >= 11 is 0. The minimum absolute atomic E-state index is 0.0382. The highest BCUT2D eigenvalue weighted by atomic mass is 16.4. The zero-order valence-corrected chi connectivity index (χ0v) is 17.7. The second-order valence-electron chi connectivity index (χ2n) is 8.76. The number of rotatable bonds is 1. The van der Waals surface area contributed by atoms with Gasteiger partial charge in [0.2, 0.25) is 23.6 Å². The van der Waals surface area contributed by atoms with Crippen molar-refractivity contribution in [1.29, 1.82) is 0 Å². The SMILES string of the molecule is CC1(C)NC(=O)C(C)(C)C(=O)NC(C)(C)C(=O)Nc2cc(C(=O)O)ccc2NC1=O. The van der Waals surface area contributed by atoms with Crippen LogP contribution in [0.3, 0.4) is 0 Å². The van der Waals surface area contributed by atoms with Gasteiger partial charge in [0, 0.05) is 0 Å². The fourth-order valence-electron chi connectivity index (χ4n) is 2.54. The van der Waals surface area contributed by atoms with Gasteiger partial charge in [-0.15, -0.1) is 0 Å². The number of hydrogen-bond acceptors (Lipinski definition) is 5. The monoisotopic (exact) mass is 418 g/mol. The molecule has 0 atom stereocenters. The summed E-state index contributed by atoms with van der Waals surface area (Å²) in [5.41, 5.74) is -4.36. The van der Waals surface area contributed by atoms with Gasteiger partial charge in [-0.05, 0) is 59.7 Å². The Balaban J connectivity index is 2.62. The lowest BCUT2D eigenvalue weighted by molar-refractivity contribution is -0.145. The van der Waals surface area contributed by atoms with E-state index in [-0.39, 0.29) is 16.9 Å². The predicted molar refractivity (Wildman–Crippen MR) is 109 cm³/mol. The largest absolute Gasteiger partial charge is 0.478 e. The summed E-state index contributed by atoms with van der Waals surface area (Å²) in [5.74, 6) is -3.91. The average molecular weight is 418 g/mol. The van der Waals surface area contributed by atoms with Crippen LogP contribution in [0.5, 0.6) is 0 Å². The minimum atomic E-state index is -1.58. The van der Waals surface area contributed by atoms with E-state index in [0.717, 1.165) is 0 Å². The molecule has 162 valence electrons. The van der Waals surface area contributed by atoms with Crippen LogP contribution in [0.25, 0.3) is 0 Å². The van der Waals surface area contributed by atoms with Crippen LogP contribution in [0.2, 0.25) is 0 Å². The Morgan fingerprint density at radius 2 is 1.17 bits per heavy atom. The number of carbonyl (C=O) groups excluding carboxylic acids is 4. The van der Waals surface area contributed by atoms with E-state index in [1.54, 1.807) is 0 Å². The summed E-state index contributed by atoms with van der Waals surface area (Å²) < 4.78 is 0. The first-order valence-electron chi connectivity index (χ1n) is 9.23. The number of anilines is 2. The van der Waals surface area contributed by atoms with Crippen molar-refractivity contribution in [3.8, 4) is 0 Å². The molecule has 0 saturated carbocycles. The van der Waals surface area contributed by atoms with Gasteiger partial charge in [0.25, 0.3) is 0 Å². The van der Waals surface area contributed by atoms with E-state index in [0.29, 0.717) is 0 Å². The van der Waals surface area contributed by atoms with Crippen LogP contribution in [0.15, 0.2) is 18.2 Å². The number of carboxylic acid groups (broad SMARTS) is 1. The van der Waals surface area contributed by atoms with Crippen molar-refractivity contribution in [1.82, 2.24) is 10.6 Å². The van der Waals surface area contributed by atoms with Crippen LogP contribution in [-0.4, -0.2) is 45.8 Å². The number of aromatic carboxylic acids is 1. The molecular weight excluding hydrogens is 392 g/mol. The lowest BCUT2D eigenvalue weighted by atomic mass is 9.88. The van der Waals surface area contributed by atoms with E-state index in [2.05, 4.69) is 21.3 Å². The molecule has 2 rings (SSSR count). The zero-order valence-electron chi connectivity index (χ0n) is 17.7. The molecule has 0 unspecified atom stereocenters. The van der Waals surface area contributed by atoms with Crippen LogP contribution in [-0.2, 0) is 19.2 Å². The van der Waals surface area contributed by atoms with Crippen LogP contribution in [0, 0.1) is 5.41 Å². The molecule has 0 bridgehead atoms. The van der Waals surface area contributed by atoms with Gasteiger partial charge in [-0.25, -0.2) is 4.79 Å². The first kappa shape index (κ1) is 22.9. The van der Waals surface area contributed by atoms with Crippen molar-refractivity contribution in [2.24, 2.45) is 5.41 Å². The molecular formula is C20H26N4O6. The third-order valence-corrected chi connectivity index (χ3v) is 4.89. The van der Waals surface area contributed by atoms with Crippen molar-refractivity contribution < 1.29 is 29.1 Å². The Morgan fingerprint density at radius 3 is 1.60 bits per heavy atom. The summed E-state index contributed by atoms with van der Waals surface area (Å²) in [5, 5.41) is 19.5. The van der Waals surface area contributed by atoms with E-state index in [1.807, 2.05) is 0 Å². The smallest absolute Gasteiger partial charge is 0.335 e. The quantitative estimate of drug-likeness (QED) is 0.430. The molecule has 0 aliphatic carbocycles. The van der Waals surface area contributed by atoms with Gasteiger partial charge >= 0.3 is 5.97 Å². The van der Waals surface area contributed by atoms with Gasteiger partial charge in [0.1, 0.15) is 16.5 Å². The van der Waals surface area contributed by atoms with Crippen molar-refractivity contribution in [2.45, 2.75) is 52.6 Å². The molecule has 1 heterocycles. The molecule has 1 aromatic carbocycles. The van der Waals surface area contributed by atoms with E-state index in [1.165, 1.54) is 59.7 Å². The Bertz CT molecular complexity index is 949. The standard InChI is InChI=1S/C20H26N4O6/c1-18(2)14(27)23-19(3,4)16(29)21-11-8-7-10(13(25)26)9-12(11)22-17(30)20(5,6)24-15(18)28/h7-9H,1-6H3,(H,21,29)(H,22,30)(H,23,27)(H,24,28)(H,25,26). The lowest BCUT2D eigenvalue weighted by Gasteiger charge is -2.32. The Kier molecular flexibility index (Phi) is 5.66. The van der Waals surface area contributed by atoms with Crippen LogP contribution < -0.4 is 21.3 Å². The molecule has 0 aromatic heterocycles. The fourth-order valence-corrected chi connectivity index (χ4v) is 2.54. The highest BCUT2D eigenvalue weighted by Gasteiger charge is 2.44. The Hall–Kier alpha value is -3.43. The zero-order chi connectivity index (χ0) is 23.1. The molecule has 10 heteroatoms. The summed E-state index contributed by atoms with van der Waals surface area (Å²) in [6, 6.07) is 3.81. The topological polar surface area (TPSA) is 154 Å². The van der Waals surface area contributed by atoms with Crippen LogP contribution in [0.4, 0.5) is 11.4 Å². The van der Waals surface area contributed by atoms with Crippen LogP contribution in [0.1, 0.15) is 51.9 Å². The second kappa shape index (κ2) is 7.43. The highest BCUT2D eigenvalue weighted by Crippen LogP contribution is 2.27. The number of hydrogen-bond donors (Lipinski definition) is 5. The molecule has 0 spiro atoms. The second-order valence-corrected chi connectivity index (χ2v) is 8.76. The molecule has 4 amide bonds. The van der Waals surface area contributed by atoms with Gasteiger partial charge in [0.15, 0.2) is 0 Å². The summed E-state index contributed by atoms with van der Waals surface area (Å²) in [6.07, 6.45) is 0. The summed E-state index contributed by atoms with van der Waals surface area (Å²) in [6.45, 7) is 8.57. The van der Waals surface area contributed by atoms with Gasteiger partial charge in [-0.2, -0.15) is 0 Å². The number of carboxylic acids is 1. The molecule has 1 aromatic rings. The number of carbonyl (C=O) groups is 5. The lowest BCUT2D eigenvalue weighted by Crippen LogP contribution is -2.61. The Labute approximate surface area is 173 Å². The highest BCUT2D eigenvalue weighted by molar-refractivity contribution is 6.11. The molecule has 0 fully saturated rings. The number of benzene rings is 1. The maximum atomic E-state index is 12.8. The van der Waals surface area contributed by atoms with Gasteiger partial charge in [-0.1, -0.05) is 0 Å². The maximum Gasteiger partial charge on any atom is 0.335 e. The fraction of sp³-hybridized carbons (Fsp3) is 0.450. The Morgan fingerprint density at radius 1 is 0.733 bits per heavy atom. The van der Waals surface area contributed by atoms with Crippen LogP contribution >= 0.6 is 0 Å². The molecule has 1 aliphatic heterocycles. The predicted octanol–water partition coefficient (Wildman–Crippen LogP) is 1.09. The molecule has 1 aliphatic rings. The molecule has 10 nitrogen and oxygen atoms in total. The number of nitrogens with one attached hydrogen (secondary N) is 4. The summed E-state index contributed by atoms with van der Waals surface area (Å²) in [7, 11) is 0. The number of amides is 4. The van der Waals surface area contributed by atoms with E-state index in [9.17, 15) is 29.1 Å². The minimum Gasteiger partial charge on any atom is -0.478 e. The first-order chi connectivity index (χ1) is 13.6. The third kappa shape index (κ3) is 4.42. The van der Waals surface area contributed by atoms with E-state index in [4.69, 9.17) is 0 Å². The van der Waals surface area contributed by atoms with Crippen molar-refractivity contribution in [3.05, 3.63) is 23.8 Å². The van der Waals surface area contributed by atoms with Crippen molar-refractivity contribution in [3.63, 3.8) is 0 Å². The average Bonchev–Trinajstić information content (AvgIpc) is 2.61.